The molecule has 1 fully saturated rings. The number of hydrogen-bond acceptors (Lipinski definition) is 3. The fourth-order valence-corrected chi connectivity index (χ4v) is 2.40. The highest BCUT2D eigenvalue weighted by atomic mass is 16.3. The van der Waals surface area contributed by atoms with Crippen molar-refractivity contribution in [1.82, 2.24) is 4.90 Å². The summed E-state index contributed by atoms with van der Waals surface area (Å²) in [6, 6.07) is -0.0257. The summed E-state index contributed by atoms with van der Waals surface area (Å²) in [6.45, 7) is 3.09. The second-order valence-corrected chi connectivity index (χ2v) is 4.59. The zero-order valence-electron chi connectivity index (χ0n) is 10.2. The summed E-state index contributed by atoms with van der Waals surface area (Å²) in [4.78, 5) is 14.0. The first kappa shape index (κ1) is 13.5. The van der Waals surface area contributed by atoms with E-state index >= 15 is 0 Å². The molecule has 2 unspecified atom stereocenters. The molecule has 1 heterocycles. The van der Waals surface area contributed by atoms with Gasteiger partial charge in [0.25, 0.3) is 0 Å². The molecule has 0 radical (unpaired) electrons. The fourth-order valence-electron chi connectivity index (χ4n) is 2.40. The molecule has 2 atom stereocenters. The van der Waals surface area contributed by atoms with Gasteiger partial charge in [-0.3, -0.25) is 4.79 Å². The minimum atomic E-state index is -0.334. The van der Waals surface area contributed by atoms with Crippen molar-refractivity contribution in [3.63, 3.8) is 0 Å². The first-order valence-electron chi connectivity index (χ1n) is 6.37. The van der Waals surface area contributed by atoms with E-state index < -0.39 is 0 Å². The summed E-state index contributed by atoms with van der Waals surface area (Å²) < 4.78 is 0. The summed E-state index contributed by atoms with van der Waals surface area (Å²) in [5.41, 5.74) is 5.86. The van der Waals surface area contributed by atoms with Crippen molar-refractivity contribution in [2.75, 3.05) is 13.2 Å². The molecule has 1 rings (SSSR count). The number of aliphatic hydroxyl groups is 1. The van der Waals surface area contributed by atoms with E-state index in [0.29, 0.717) is 6.04 Å². The number of nitrogens with zero attached hydrogens (tertiary/aromatic N) is 1. The maximum atomic E-state index is 12.0. The molecule has 0 aromatic heterocycles. The maximum absolute atomic E-state index is 12.0. The number of aliphatic hydroxyl groups excluding tert-OH is 1. The molecule has 16 heavy (non-hydrogen) atoms. The van der Waals surface area contributed by atoms with Crippen LogP contribution in [-0.2, 0) is 4.79 Å². The third-order valence-corrected chi connectivity index (χ3v) is 3.27. The molecule has 94 valence electrons. The predicted molar refractivity (Wildman–Crippen MR) is 63.9 cm³/mol. The smallest absolute Gasteiger partial charge is 0.239 e. The predicted octanol–water partition coefficient (Wildman–Crippen LogP) is 0.877. The molecule has 0 aromatic carbocycles. The number of likely N-dealkylation sites (tertiary alicyclic amines) is 1. The van der Waals surface area contributed by atoms with Crippen molar-refractivity contribution in [2.45, 2.75) is 57.5 Å². The number of amides is 1. The highest BCUT2D eigenvalue weighted by Crippen LogP contribution is 2.22. The Labute approximate surface area is 97.8 Å². The molecule has 4 nitrogen and oxygen atoms in total. The van der Waals surface area contributed by atoms with Gasteiger partial charge in [0.2, 0.25) is 5.91 Å². The first-order chi connectivity index (χ1) is 7.70. The van der Waals surface area contributed by atoms with E-state index in [2.05, 4.69) is 0 Å². The second-order valence-electron chi connectivity index (χ2n) is 4.59. The average Bonchev–Trinajstić information content (AvgIpc) is 2.73. The molecular weight excluding hydrogens is 204 g/mol. The van der Waals surface area contributed by atoms with Crippen LogP contribution in [0, 0.1) is 0 Å². The van der Waals surface area contributed by atoms with Crippen LogP contribution in [0.2, 0.25) is 0 Å². The lowest BCUT2D eigenvalue weighted by Crippen LogP contribution is -2.45. The van der Waals surface area contributed by atoms with Gasteiger partial charge in [0.1, 0.15) is 0 Å². The lowest BCUT2D eigenvalue weighted by molar-refractivity contribution is -0.133. The topological polar surface area (TPSA) is 66.6 Å². The van der Waals surface area contributed by atoms with Crippen LogP contribution >= 0.6 is 0 Å². The van der Waals surface area contributed by atoms with Crippen LogP contribution in [0.4, 0.5) is 0 Å². The Morgan fingerprint density at radius 1 is 1.62 bits per heavy atom. The van der Waals surface area contributed by atoms with Crippen LogP contribution in [0.25, 0.3) is 0 Å². The molecule has 1 amide bonds. The number of rotatable bonds is 6. The Kier molecular flexibility index (Phi) is 5.77. The summed E-state index contributed by atoms with van der Waals surface area (Å²) >= 11 is 0. The Morgan fingerprint density at radius 2 is 2.38 bits per heavy atom. The Morgan fingerprint density at radius 3 is 3.00 bits per heavy atom. The monoisotopic (exact) mass is 228 g/mol. The number of carbonyl (C=O) groups excluding carboxylic acids is 1. The zero-order valence-corrected chi connectivity index (χ0v) is 10.2. The van der Waals surface area contributed by atoms with Crippen LogP contribution in [0.5, 0.6) is 0 Å². The lowest BCUT2D eigenvalue weighted by Gasteiger charge is -2.27. The zero-order chi connectivity index (χ0) is 12.0. The molecule has 0 bridgehead atoms. The molecule has 0 aliphatic carbocycles. The van der Waals surface area contributed by atoms with Crippen LogP contribution in [0.15, 0.2) is 0 Å². The second kappa shape index (κ2) is 6.86. The van der Waals surface area contributed by atoms with Gasteiger partial charge in [-0.25, -0.2) is 0 Å². The molecular formula is C12H24N2O2. The lowest BCUT2D eigenvalue weighted by atomic mass is 10.1. The van der Waals surface area contributed by atoms with Gasteiger partial charge in [0.15, 0.2) is 0 Å². The van der Waals surface area contributed by atoms with E-state index in [0.717, 1.165) is 45.1 Å². The van der Waals surface area contributed by atoms with E-state index in [1.807, 2.05) is 11.8 Å². The van der Waals surface area contributed by atoms with Crippen molar-refractivity contribution in [3.05, 3.63) is 0 Å². The molecule has 0 spiro atoms. The van der Waals surface area contributed by atoms with E-state index in [1.54, 1.807) is 0 Å². The Hall–Kier alpha value is -0.610. The largest absolute Gasteiger partial charge is 0.396 e. The van der Waals surface area contributed by atoms with Crippen molar-refractivity contribution in [3.8, 4) is 0 Å². The van der Waals surface area contributed by atoms with Gasteiger partial charge in [-0.2, -0.15) is 0 Å². The minimum absolute atomic E-state index is 0.0993. The SMILES string of the molecule is CCCC(N)C(=O)N1CCCC1CCCO. The van der Waals surface area contributed by atoms with Gasteiger partial charge in [-0.15, -0.1) is 0 Å². The summed E-state index contributed by atoms with van der Waals surface area (Å²) in [5, 5.41) is 8.82. The molecule has 1 aliphatic heterocycles. The van der Waals surface area contributed by atoms with Crippen LogP contribution in [0.3, 0.4) is 0 Å². The van der Waals surface area contributed by atoms with Gasteiger partial charge < -0.3 is 15.7 Å². The molecule has 1 aliphatic rings. The van der Waals surface area contributed by atoms with E-state index in [9.17, 15) is 4.79 Å². The molecule has 0 saturated carbocycles. The van der Waals surface area contributed by atoms with Gasteiger partial charge in [0, 0.05) is 19.2 Å². The van der Waals surface area contributed by atoms with Crippen molar-refractivity contribution in [2.24, 2.45) is 5.73 Å². The first-order valence-corrected chi connectivity index (χ1v) is 6.37. The minimum Gasteiger partial charge on any atom is -0.396 e. The Balaban J connectivity index is 2.46. The summed E-state index contributed by atoms with van der Waals surface area (Å²) in [6.07, 6.45) is 5.52. The van der Waals surface area contributed by atoms with Crippen molar-refractivity contribution in [1.29, 1.82) is 0 Å². The van der Waals surface area contributed by atoms with Crippen molar-refractivity contribution >= 4 is 5.91 Å². The Bertz CT molecular complexity index is 221. The van der Waals surface area contributed by atoms with E-state index in [-0.39, 0.29) is 18.6 Å². The molecule has 3 N–H and O–H groups in total. The number of hydrogen-bond donors (Lipinski definition) is 2. The third kappa shape index (κ3) is 3.46. The molecule has 4 heteroatoms. The van der Waals surface area contributed by atoms with E-state index in [4.69, 9.17) is 10.8 Å². The maximum Gasteiger partial charge on any atom is 0.239 e. The van der Waals surface area contributed by atoms with Gasteiger partial charge in [-0.05, 0) is 32.1 Å². The fraction of sp³-hybridized carbons (Fsp3) is 0.917. The van der Waals surface area contributed by atoms with Crippen molar-refractivity contribution < 1.29 is 9.90 Å². The quantitative estimate of drug-likeness (QED) is 0.709. The highest BCUT2D eigenvalue weighted by molar-refractivity contribution is 5.82. The highest BCUT2D eigenvalue weighted by Gasteiger charge is 2.30. The third-order valence-electron chi connectivity index (χ3n) is 3.27. The van der Waals surface area contributed by atoms with Gasteiger partial charge in [-0.1, -0.05) is 13.3 Å². The summed E-state index contributed by atoms with van der Waals surface area (Å²) in [7, 11) is 0. The number of carbonyl (C=O) groups is 1. The number of nitrogens with two attached hydrogens (primary N) is 1. The van der Waals surface area contributed by atoms with Gasteiger partial charge >= 0.3 is 0 Å². The summed E-state index contributed by atoms with van der Waals surface area (Å²) in [5.74, 6) is 0.0993. The normalized spacial score (nSPS) is 22.4. The van der Waals surface area contributed by atoms with Gasteiger partial charge in [0.05, 0.1) is 6.04 Å². The van der Waals surface area contributed by atoms with Crippen LogP contribution in [-0.4, -0.2) is 41.1 Å². The standard InChI is InChI=1S/C12H24N2O2/c1-2-5-11(13)12(16)14-8-3-6-10(14)7-4-9-15/h10-11,15H,2-9,13H2,1H3. The van der Waals surface area contributed by atoms with Crippen LogP contribution in [0.1, 0.15) is 45.4 Å². The average molecular weight is 228 g/mol. The van der Waals surface area contributed by atoms with E-state index in [1.165, 1.54) is 0 Å². The molecule has 1 saturated heterocycles. The van der Waals surface area contributed by atoms with Crippen LogP contribution < -0.4 is 5.73 Å². The molecule has 0 aromatic rings.